The first-order valence-electron chi connectivity index (χ1n) is 8.77. The summed E-state index contributed by atoms with van der Waals surface area (Å²) < 4.78 is 26.6. The van der Waals surface area contributed by atoms with Crippen LogP contribution in [0.5, 0.6) is 5.75 Å². The highest BCUT2D eigenvalue weighted by Crippen LogP contribution is 2.33. The molecule has 9 heteroatoms. The fraction of sp³-hybridized carbons (Fsp3) is 0.211. The second-order valence-corrected chi connectivity index (χ2v) is 8.36. The van der Waals surface area contributed by atoms with E-state index in [1.54, 1.807) is 12.1 Å². The van der Waals surface area contributed by atoms with Gasteiger partial charge >= 0.3 is 10.2 Å². The van der Waals surface area contributed by atoms with Crippen molar-refractivity contribution in [1.82, 2.24) is 10.0 Å². The summed E-state index contributed by atoms with van der Waals surface area (Å²) in [4.78, 5) is 12.4. The topological polar surface area (TPSA) is 119 Å². The number of aliphatic hydroxyl groups is 1. The number of carbonyl (C=O) groups is 1. The molecule has 2 heterocycles. The first-order valence-corrected chi connectivity index (χ1v) is 10.2. The molecule has 0 aromatic heterocycles. The molecule has 0 aliphatic carbocycles. The second kappa shape index (κ2) is 6.75. The van der Waals surface area contributed by atoms with Crippen LogP contribution in [-0.2, 0) is 23.1 Å². The lowest BCUT2D eigenvalue weighted by molar-refractivity contribution is 0.0939. The Morgan fingerprint density at radius 2 is 1.93 bits per heavy atom. The number of aliphatic hydroxyl groups excluding tert-OH is 1. The van der Waals surface area contributed by atoms with Gasteiger partial charge in [-0.05, 0) is 48.6 Å². The maximum atomic E-state index is 12.4. The molecule has 28 heavy (non-hydrogen) atoms. The molecule has 2 aliphatic rings. The summed E-state index contributed by atoms with van der Waals surface area (Å²) in [5.74, 6) is -0.880. The molecule has 0 radical (unpaired) electrons. The number of nitrogens with zero attached hydrogens (tertiary/aromatic N) is 1. The van der Waals surface area contributed by atoms with Crippen molar-refractivity contribution in [3.63, 3.8) is 0 Å². The van der Waals surface area contributed by atoms with Crippen LogP contribution in [0.4, 0.5) is 5.69 Å². The van der Waals surface area contributed by atoms with E-state index in [1.807, 2.05) is 22.9 Å². The van der Waals surface area contributed by atoms with Crippen LogP contribution in [0, 0.1) is 0 Å². The van der Waals surface area contributed by atoms with Crippen LogP contribution in [0.3, 0.4) is 0 Å². The molecule has 0 saturated heterocycles. The van der Waals surface area contributed by atoms with Gasteiger partial charge in [-0.1, -0.05) is 24.3 Å². The molecular formula is C19H19N3O5S. The van der Waals surface area contributed by atoms with Crippen molar-refractivity contribution < 1.29 is 23.4 Å². The van der Waals surface area contributed by atoms with Gasteiger partial charge in [0.15, 0.2) is 0 Å². The molecule has 0 fully saturated rings. The predicted octanol–water partition coefficient (Wildman–Crippen LogP) is 1.69. The second-order valence-electron chi connectivity index (χ2n) is 6.81. The Labute approximate surface area is 162 Å². The summed E-state index contributed by atoms with van der Waals surface area (Å²) in [5.41, 5.74) is 2.48. The van der Waals surface area contributed by atoms with Crippen molar-refractivity contribution in [1.29, 1.82) is 0 Å². The third kappa shape index (κ3) is 3.36. The van der Waals surface area contributed by atoms with Crippen LogP contribution in [0.25, 0.3) is 0 Å². The minimum Gasteiger partial charge on any atom is -0.506 e. The molecule has 2 aromatic rings. The Kier molecular flexibility index (Phi) is 4.38. The van der Waals surface area contributed by atoms with E-state index in [2.05, 4.69) is 5.32 Å². The number of amides is 1. The van der Waals surface area contributed by atoms with Gasteiger partial charge in [0.2, 0.25) is 5.88 Å². The Morgan fingerprint density at radius 1 is 1.14 bits per heavy atom. The van der Waals surface area contributed by atoms with Crippen LogP contribution in [0.1, 0.15) is 27.9 Å². The summed E-state index contributed by atoms with van der Waals surface area (Å²) in [7, 11) is -3.97. The van der Waals surface area contributed by atoms with Crippen LogP contribution in [-0.4, -0.2) is 30.6 Å². The molecule has 1 amide bonds. The highest BCUT2D eigenvalue weighted by molar-refractivity contribution is 7.91. The summed E-state index contributed by atoms with van der Waals surface area (Å²) in [6.45, 7) is 0. The molecule has 1 unspecified atom stereocenters. The number of aryl methyl sites for hydroxylation is 1. The van der Waals surface area contributed by atoms with Gasteiger partial charge in [-0.2, -0.15) is 8.42 Å². The first-order chi connectivity index (χ1) is 13.3. The van der Waals surface area contributed by atoms with Crippen molar-refractivity contribution in [2.75, 3.05) is 4.31 Å². The number of anilines is 1. The molecule has 4 rings (SSSR count). The number of phenolic OH excluding ortho intramolecular Hbond substituents is 1. The van der Waals surface area contributed by atoms with E-state index in [-0.39, 0.29) is 23.4 Å². The lowest BCUT2D eigenvalue weighted by Gasteiger charge is -2.18. The van der Waals surface area contributed by atoms with E-state index >= 15 is 0 Å². The lowest BCUT2D eigenvalue weighted by atomic mass is 9.99. The molecular weight excluding hydrogens is 382 g/mol. The van der Waals surface area contributed by atoms with Crippen LogP contribution >= 0.6 is 0 Å². The number of phenols is 1. The number of nitrogens with one attached hydrogen (secondary N) is 2. The summed E-state index contributed by atoms with van der Waals surface area (Å²) in [6.07, 6.45) is 3.00. The molecule has 2 aliphatic heterocycles. The predicted molar refractivity (Wildman–Crippen MR) is 103 cm³/mol. The van der Waals surface area contributed by atoms with Crippen molar-refractivity contribution in [2.45, 2.75) is 25.3 Å². The van der Waals surface area contributed by atoms with Gasteiger partial charge in [0.25, 0.3) is 5.91 Å². The smallest absolute Gasteiger partial charge is 0.330 e. The van der Waals surface area contributed by atoms with E-state index in [1.165, 1.54) is 12.1 Å². The SMILES string of the molecule is O=C1NC(Cc2ccc(N3C=C(O)NS3(=O)=O)c(O)c2)CCc2ccccc21. The number of benzene rings is 2. The van der Waals surface area contributed by atoms with Crippen molar-refractivity contribution >= 4 is 21.8 Å². The summed E-state index contributed by atoms with van der Waals surface area (Å²) >= 11 is 0. The first kappa shape index (κ1) is 18.2. The molecule has 2 aromatic carbocycles. The van der Waals surface area contributed by atoms with E-state index in [4.69, 9.17) is 0 Å². The Bertz CT molecular complexity index is 1080. The largest absolute Gasteiger partial charge is 0.506 e. The average molecular weight is 401 g/mol. The van der Waals surface area contributed by atoms with E-state index in [9.17, 15) is 23.4 Å². The number of carbonyl (C=O) groups excluding carboxylic acids is 1. The summed E-state index contributed by atoms with van der Waals surface area (Å²) in [5, 5.41) is 22.7. The van der Waals surface area contributed by atoms with Gasteiger partial charge < -0.3 is 15.5 Å². The van der Waals surface area contributed by atoms with Crippen LogP contribution in [0.2, 0.25) is 0 Å². The normalized spacial score (nSPS) is 20.6. The van der Waals surface area contributed by atoms with Gasteiger partial charge in [-0.3, -0.25) is 4.79 Å². The zero-order valence-corrected chi connectivity index (χ0v) is 15.6. The van der Waals surface area contributed by atoms with Gasteiger partial charge in [0.1, 0.15) is 11.4 Å². The molecule has 1 atom stereocenters. The third-order valence-electron chi connectivity index (χ3n) is 4.85. The standard InChI is InChI=1S/C19H19N3O5S/c23-17-10-12(5-8-16(17)22-11-18(24)21-28(22,26)27)9-14-7-6-13-3-1-2-4-15(13)19(25)20-14/h1-5,8,10-11,14,21,23-24H,6-7,9H2,(H,20,25). The molecule has 146 valence electrons. The van der Waals surface area contributed by atoms with E-state index in [0.29, 0.717) is 12.0 Å². The monoisotopic (exact) mass is 401 g/mol. The van der Waals surface area contributed by atoms with Crippen molar-refractivity contribution in [3.05, 3.63) is 71.2 Å². The Hall–Kier alpha value is -3.20. The van der Waals surface area contributed by atoms with Crippen LogP contribution in [0.15, 0.2) is 54.5 Å². The maximum absolute atomic E-state index is 12.4. The molecule has 4 N–H and O–H groups in total. The lowest BCUT2D eigenvalue weighted by Crippen LogP contribution is -2.35. The fourth-order valence-corrected chi connectivity index (χ4v) is 4.60. The number of fused-ring (bicyclic) bond motifs is 1. The zero-order valence-electron chi connectivity index (χ0n) is 14.8. The highest BCUT2D eigenvalue weighted by Gasteiger charge is 2.30. The third-order valence-corrected chi connectivity index (χ3v) is 6.14. The van der Waals surface area contributed by atoms with Gasteiger partial charge in [-0.25, -0.2) is 9.03 Å². The van der Waals surface area contributed by atoms with Gasteiger partial charge in [0, 0.05) is 11.6 Å². The quantitative estimate of drug-likeness (QED) is 0.624. The summed E-state index contributed by atoms with van der Waals surface area (Å²) in [6, 6.07) is 12.0. The Balaban J connectivity index is 1.52. The molecule has 8 nitrogen and oxygen atoms in total. The number of rotatable bonds is 3. The molecule has 0 saturated carbocycles. The zero-order chi connectivity index (χ0) is 19.9. The fourth-order valence-electron chi connectivity index (χ4n) is 3.53. The Morgan fingerprint density at radius 3 is 2.64 bits per heavy atom. The molecule has 0 bridgehead atoms. The molecule has 0 spiro atoms. The minimum atomic E-state index is -3.97. The van der Waals surface area contributed by atoms with Gasteiger partial charge in [0.05, 0.1) is 6.20 Å². The maximum Gasteiger partial charge on any atom is 0.330 e. The van der Waals surface area contributed by atoms with Crippen LogP contribution < -0.4 is 14.3 Å². The van der Waals surface area contributed by atoms with E-state index < -0.39 is 16.1 Å². The van der Waals surface area contributed by atoms with Gasteiger partial charge in [-0.15, -0.1) is 0 Å². The minimum absolute atomic E-state index is 0.0256. The number of hydrogen-bond donors (Lipinski definition) is 4. The number of hydrogen-bond acceptors (Lipinski definition) is 5. The number of aromatic hydroxyl groups is 1. The van der Waals surface area contributed by atoms with E-state index in [0.717, 1.165) is 34.5 Å². The van der Waals surface area contributed by atoms with Crippen molar-refractivity contribution in [3.8, 4) is 5.75 Å². The average Bonchev–Trinajstić information content (AvgIpc) is 2.81. The highest BCUT2D eigenvalue weighted by atomic mass is 32.2. The van der Waals surface area contributed by atoms with Crippen molar-refractivity contribution in [2.24, 2.45) is 0 Å².